The molecule has 210 valence electrons. The van der Waals surface area contributed by atoms with Gasteiger partial charge in [-0.1, -0.05) is 81.3 Å². The van der Waals surface area contributed by atoms with Gasteiger partial charge in [0.2, 0.25) is 0 Å². The minimum Gasteiger partial charge on any atom is -0.396 e. The molecule has 3 nitrogen and oxygen atoms in total. The van der Waals surface area contributed by atoms with E-state index in [2.05, 4.69) is 39.8 Å². The van der Waals surface area contributed by atoms with Crippen molar-refractivity contribution in [3.63, 3.8) is 0 Å². The van der Waals surface area contributed by atoms with Crippen LogP contribution in [0, 0.1) is 45.8 Å². The number of hydrogen-bond donors (Lipinski definition) is 1. The van der Waals surface area contributed by atoms with Gasteiger partial charge in [0.05, 0.1) is 6.20 Å². The number of fused-ring (bicyclic) bond motifs is 8. The molecule has 4 saturated carbocycles. The van der Waals surface area contributed by atoms with Crippen LogP contribution in [0.25, 0.3) is 0 Å². The molecular weight excluding hydrogens is 442 g/mol. The highest BCUT2D eigenvalue weighted by atomic mass is 16.5. The first-order valence-corrected chi connectivity index (χ1v) is 14.9. The number of hydrogen-bond acceptors (Lipinski definition) is 3. The van der Waals surface area contributed by atoms with Gasteiger partial charge in [-0.3, -0.25) is 0 Å². The maximum absolute atomic E-state index is 10.3. The van der Waals surface area contributed by atoms with Crippen LogP contribution in [0.1, 0.15) is 145 Å². The van der Waals surface area contributed by atoms with E-state index in [4.69, 9.17) is 4.52 Å². The molecule has 9 unspecified atom stereocenters. The monoisotopic (exact) mass is 503 g/mol. The fraction of sp³-hybridized carbons (Fsp3) is 0.909. The summed E-state index contributed by atoms with van der Waals surface area (Å²) in [6.45, 7) is 16.4. The maximum atomic E-state index is 10.3. The standard InChI is InChI=1S/C26H39NO2.C3H8.C2H6.2CH4/c1-16-19-8-11-24(2)20-9-12-26(15-28)10-4-5-21(26)18(20)6-7-22(24)25(19,3)13-17-14-27-29-23(16)17;1-3-2;1-2;;/h14,16,18-22,28H,4-13,15H2,1-3H3;3H2,1-2H3;1-2H3;2*1H4. The predicted molar refractivity (Wildman–Crippen MR) is 154 cm³/mol. The van der Waals surface area contributed by atoms with E-state index in [0.29, 0.717) is 23.4 Å². The van der Waals surface area contributed by atoms with E-state index in [9.17, 15) is 5.11 Å². The first-order chi connectivity index (χ1) is 16.3. The average molecular weight is 504 g/mol. The highest BCUT2D eigenvalue weighted by Crippen LogP contribution is 2.71. The smallest absolute Gasteiger partial charge is 0.143 e. The highest BCUT2D eigenvalue weighted by molar-refractivity contribution is 5.28. The Morgan fingerprint density at radius 2 is 1.58 bits per heavy atom. The average Bonchev–Trinajstić information content (AvgIpc) is 3.48. The Hall–Kier alpha value is -0.830. The molecule has 0 spiro atoms. The van der Waals surface area contributed by atoms with Crippen LogP contribution in [0.4, 0.5) is 0 Å². The summed E-state index contributed by atoms with van der Waals surface area (Å²) in [6, 6.07) is 0. The van der Waals surface area contributed by atoms with Gasteiger partial charge in [-0.25, -0.2) is 0 Å². The Morgan fingerprint density at radius 3 is 2.25 bits per heavy atom. The Bertz CT molecular complexity index is 818. The Kier molecular flexibility index (Phi) is 10.4. The zero-order valence-electron chi connectivity index (χ0n) is 23.3. The predicted octanol–water partition coefficient (Wildman–Crippen LogP) is 9.69. The zero-order valence-corrected chi connectivity index (χ0v) is 23.3. The quantitative estimate of drug-likeness (QED) is 0.415. The van der Waals surface area contributed by atoms with Gasteiger partial charge in [0.25, 0.3) is 0 Å². The van der Waals surface area contributed by atoms with Crippen molar-refractivity contribution in [3.05, 3.63) is 17.5 Å². The lowest BCUT2D eigenvalue weighted by Gasteiger charge is -2.67. The second kappa shape index (κ2) is 11.9. The summed E-state index contributed by atoms with van der Waals surface area (Å²) < 4.78 is 5.71. The lowest BCUT2D eigenvalue weighted by atomic mass is 9.38. The van der Waals surface area contributed by atoms with E-state index in [1.165, 1.54) is 82.0 Å². The van der Waals surface area contributed by atoms with Crippen LogP contribution >= 0.6 is 0 Å². The van der Waals surface area contributed by atoms with Crippen LogP contribution in [0.5, 0.6) is 0 Å². The molecule has 5 aliphatic rings. The third kappa shape index (κ3) is 4.52. The van der Waals surface area contributed by atoms with E-state index in [0.717, 1.165) is 29.6 Å². The van der Waals surface area contributed by atoms with Crippen molar-refractivity contribution in [2.75, 3.05) is 6.61 Å². The highest BCUT2D eigenvalue weighted by Gasteiger charge is 2.64. The van der Waals surface area contributed by atoms with Crippen molar-refractivity contribution in [2.24, 2.45) is 45.8 Å². The van der Waals surface area contributed by atoms with Gasteiger partial charge in [0.15, 0.2) is 0 Å². The van der Waals surface area contributed by atoms with Crippen LogP contribution < -0.4 is 0 Å². The van der Waals surface area contributed by atoms with Gasteiger partial charge in [-0.05, 0) is 104 Å². The molecule has 0 bridgehead atoms. The SMILES string of the molecule is C.C.CC.CC1c2oncc2CC2(C)C1CCC1(C)C3CCC4(CO)CCCC4C3CCC21.CCC. The molecule has 0 amide bonds. The van der Waals surface area contributed by atoms with Gasteiger partial charge in [0, 0.05) is 18.1 Å². The second-order valence-electron chi connectivity index (χ2n) is 13.0. The molecule has 1 aromatic rings. The van der Waals surface area contributed by atoms with Crippen LogP contribution in [0.3, 0.4) is 0 Å². The van der Waals surface area contributed by atoms with Crippen molar-refractivity contribution >= 4 is 0 Å². The van der Waals surface area contributed by atoms with Crippen molar-refractivity contribution in [1.29, 1.82) is 0 Å². The summed E-state index contributed by atoms with van der Waals surface area (Å²) in [5.74, 6) is 5.79. The maximum Gasteiger partial charge on any atom is 0.143 e. The number of rotatable bonds is 1. The third-order valence-corrected chi connectivity index (χ3v) is 11.6. The molecule has 0 saturated heterocycles. The van der Waals surface area contributed by atoms with Gasteiger partial charge in [-0.2, -0.15) is 0 Å². The first-order valence-electron chi connectivity index (χ1n) is 14.9. The normalized spacial score (nSPS) is 43.7. The minimum atomic E-state index is 0. The van der Waals surface area contributed by atoms with Crippen molar-refractivity contribution in [3.8, 4) is 0 Å². The Balaban J connectivity index is 0.000000610. The van der Waals surface area contributed by atoms with E-state index in [1.807, 2.05) is 20.0 Å². The molecule has 0 radical (unpaired) electrons. The minimum absolute atomic E-state index is 0. The van der Waals surface area contributed by atoms with E-state index in [1.54, 1.807) is 0 Å². The zero-order chi connectivity index (χ0) is 24.7. The van der Waals surface area contributed by atoms with Crippen molar-refractivity contribution < 1.29 is 9.63 Å². The molecule has 0 aliphatic heterocycles. The van der Waals surface area contributed by atoms with Gasteiger partial charge in [-0.15, -0.1) is 0 Å². The Labute approximate surface area is 224 Å². The number of aliphatic hydroxyl groups excluding tert-OH is 1. The lowest BCUT2D eigenvalue weighted by molar-refractivity contribution is -0.175. The van der Waals surface area contributed by atoms with Crippen molar-refractivity contribution in [1.82, 2.24) is 5.16 Å². The van der Waals surface area contributed by atoms with E-state index >= 15 is 0 Å². The number of aromatic nitrogens is 1. The molecule has 0 aromatic carbocycles. The van der Waals surface area contributed by atoms with E-state index in [-0.39, 0.29) is 20.3 Å². The molecule has 36 heavy (non-hydrogen) atoms. The topological polar surface area (TPSA) is 46.3 Å². The van der Waals surface area contributed by atoms with Gasteiger partial charge < -0.3 is 9.63 Å². The summed E-state index contributed by atoms with van der Waals surface area (Å²) in [5.41, 5.74) is 2.54. The molecule has 3 heteroatoms. The summed E-state index contributed by atoms with van der Waals surface area (Å²) in [7, 11) is 0. The van der Waals surface area contributed by atoms with Crippen molar-refractivity contribution in [2.45, 2.75) is 140 Å². The molecule has 1 N–H and O–H groups in total. The van der Waals surface area contributed by atoms with Gasteiger partial charge in [0.1, 0.15) is 5.76 Å². The third-order valence-electron chi connectivity index (χ3n) is 11.6. The fourth-order valence-electron chi connectivity index (χ4n) is 10.5. The molecular formula is C33H61NO2. The largest absolute Gasteiger partial charge is 0.396 e. The molecule has 9 atom stereocenters. The number of nitrogens with zero attached hydrogens (tertiary/aromatic N) is 1. The summed E-state index contributed by atoms with van der Waals surface area (Å²) in [5, 5.41) is 14.5. The number of aliphatic hydroxyl groups is 1. The van der Waals surface area contributed by atoms with Gasteiger partial charge >= 0.3 is 0 Å². The van der Waals surface area contributed by atoms with Crippen LogP contribution in [-0.2, 0) is 6.42 Å². The molecule has 1 aromatic heterocycles. The first kappa shape index (κ1) is 31.4. The van der Waals surface area contributed by atoms with Crippen LogP contribution in [0.2, 0.25) is 0 Å². The lowest BCUT2D eigenvalue weighted by Crippen LogP contribution is -2.60. The van der Waals surface area contributed by atoms with E-state index < -0.39 is 0 Å². The molecule has 5 aliphatic carbocycles. The van der Waals surface area contributed by atoms with Crippen LogP contribution in [0.15, 0.2) is 10.7 Å². The fourth-order valence-corrected chi connectivity index (χ4v) is 10.5. The second-order valence-corrected chi connectivity index (χ2v) is 13.0. The molecule has 1 heterocycles. The summed E-state index contributed by atoms with van der Waals surface area (Å²) in [6.07, 6.45) is 16.6. The summed E-state index contributed by atoms with van der Waals surface area (Å²) in [4.78, 5) is 0. The molecule has 6 rings (SSSR count). The Morgan fingerprint density at radius 1 is 0.917 bits per heavy atom. The molecule has 4 fully saturated rings. The summed E-state index contributed by atoms with van der Waals surface area (Å²) >= 11 is 0. The van der Waals surface area contributed by atoms with Crippen LogP contribution in [-0.4, -0.2) is 16.9 Å².